The molecule has 0 amide bonds. The van der Waals surface area contributed by atoms with Gasteiger partial charge in [-0.1, -0.05) is 48.0 Å². The van der Waals surface area contributed by atoms with Crippen molar-refractivity contribution in [1.29, 1.82) is 0 Å². The number of nitrogens with one attached hydrogen (secondary N) is 1. The van der Waals surface area contributed by atoms with Gasteiger partial charge in [-0.05, 0) is 30.2 Å². The maximum Gasteiger partial charge on any atom is 0.203 e. The molecule has 0 atom stereocenters. The maximum absolute atomic E-state index is 5.94. The number of aromatic nitrogens is 1. The zero-order chi connectivity index (χ0) is 15.4. The van der Waals surface area contributed by atoms with Crippen molar-refractivity contribution < 1.29 is 0 Å². The van der Waals surface area contributed by atoms with E-state index in [0.717, 1.165) is 32.5 Å². The molecule has 1 N–H and O–H groups in total. The van der Waals surface area contributed by atoms with E-state index < -0.39 is 0 Å². The Morgan fingerprint density at radius 2 is 2.00 bits per heavy atom. The van der Waals surface area contributed by atoms with Crippen LogP contribution in [0, 0.1) is 6.92 Å². The van der Waals surface area contributed by atoms with Gasteiger partial charge in [0.2, 0.25) is 5.13 Å². The highest BCUT2D eigenvalue weighted by molar-refractivity contribution is 7.14. The number of rotatable bonds is 4. The van der Waals surface area contributed by atoms with Crippen LogP contribution in [0.2, 0.25) is 5.02 Å². The van der Waals surface area contributed by atoms with Gasteiger partial charge in [0.15, 0.2) is 0 Å². The van der Waals surface area contributed by atoms with Crippen molar-refractivity contribution in [3.8, 4) is 11.3 Å². The fourth-order valence-electron chi connectivity index (χ4n) is 2.01. The Morgan fingerprint density at radius 1 is 1.18 bits per heavy atom. The van der Waals surface area contributed by atoms with Crippen molar-refractivity contribution in [2.45, 2.75) is 6.92 Å². The molecule has 0 bridgehead atoms. The topological polar surface area (TPSA) is 37.3 Å². The van der Waals surface area contributed by atoms with Crippen molar-refractivity contribution in [2.75, 3.05) is 5.43 Å². The van der Waals surface area contributed by atoms with Gasteiger partial charge in [-0.2, -0.15) is 5.10 Å². The minimum atomic E-state index is 0.732. The Hall–Kier alpha value is -2.17. The number of hydrogen-bond donors (Lipinski definition) is 1. The molecule has 1 heterocycles. The molecular weight excluding hydrogens is 314 g/mol. The molecule has 0 fully saturated rings. The molecular formula is C17H14ClN3S. The summed E-state index contributed by atoms with van der Waals surface area (Å²) < 4.78 is 0. The monoisotopic (exact) mass is 327 g/mol. The summed E-state index contributed by atoms with van der Waals surface area (Å²) >= 11 is 7.47. The number of hydrogen-bond acceptors (Lipinski definition) is 4. The van der Waals surface area contributed by atoms with E-state index in [1.165, 1.54) is 11.3 Å². The zero-order valence-electron chi connectivity index (χ0n) is 12.0. The number of nitrogens with zero attached hydrogens (tertiary/aromatic N) is 2. The van der Waals surface area contributed by atoms with Gasteiger partial charge in [0.1, 0.15) is 0 Å². The summed E-state index contributed by atoms with van der Waals surface area (Å²) in [5, 5.41) is 7.75. The highest BCUT2D eigenvalue weighted by Crippen LogP contribution is 2.24. The molecule has 1 aromatic heterocycles. The van der Waals surface area contributed by atoms with Crippen LogP contribution in [0.3, 0.4) is 0 Å². The summed E-state index contributed by atoms with van der Waals surface area (Å²) in [5.41, 5.74) is 7.13. The summed E-state index contributed by atoms with van der Waals surface area (Å²) in [4.78, 5) is 4.52. The second-order valence-corrected chi connectivity index (χ2v) is 6.07. The largest absolute Gasteiger partial charge is 0.253 e. The molecule has 5 heteroatoms. The van der Waals surface area contributed by atoms with Crippen LogP contribution in [0.1, 0.15) is 11.1 Å². The van der Waals surface area contributed by atoms with Crippen LogP contribution in [-0.2, 0) is 0 Å². The third kappa shape index (κ3) is 3.53. The molecule has 0 aliphatic heterocycles. The van der Waals surface area contributed by atoms with Gasteiger partial charge in [0.25, 0.3) is 0 Å². The molecule has 0 radical (unpaired) electrons. The van der Waals surface area contributed by atoms with Crippen molar-refractivity contribution in [3.63, 3.8) is 0 Å². The fourth-order valence-corrected chi connectivity index (χ4v) is 2.90. The fraction of sp³-hybridized carbons (Fsp3) is 0.0588. The van der Waals surface area contributed by atoms with Gasteiger partial charge in [-0.25, -0.2) is 4.98 Å². The first-order valence-electron chi connectivity index (χ1n) is 6.78. The molecule has 0 aliphatic rings. The third-order valence-electron chi connectivity index (χ3n) is 3.17. The summed E-state index contributed by atoms with van der Waals surface area (Å²) in [6, 6.07) is 15.8. The molecule has 0 spiro atoms. The highest BCUT2D eigenvalue weighted by atomic mass is 35.5. The average molecular weight is 328 g/mol. The Bertz CT molecular complexity index is 797. The van der Waals surface area contributed by atoms with Gasteiger partial charge in [-0.3, -0.25) is 5.43 Å². The van der Waals surface area contributed by atoms with Crippen LogP contribution >= 0.6 is 22.9 Å². The molecule has 3 rings (SSSR count). The number of aryl methyl sites for hydroxylation is 1. The van der Waals surface area contributed by atoms with E-state index in [0.29, 0.717) is 0 Å². The molecule has 0 aliphatic carbocycles. The lowest BCUT2D eigenvalue weighted by Crippen LogP contribution is -1.92. The molecule has 3 aromatic rings. The summed E-state index contributed by atoms with van der Waals surface area (Å²) in [7, 11) is 0. The van der Waals surface area contributed by atoms with E-state index in [4.69, 9.17) is 11.6 Å². The van der Waals surface area contributed by atoms with E-state index in [-0.39, 0.29) is 0 Å². The highest BCUT2D eigenvalue weighted by Gasteiger charge is 2.03. The lowest BCUT2D eigenvalue weighted by molar-refractivity contribution is 1.28. The second-order valence-electron chi connectivity index (χ2n) is 4.77. The predicted molar refractivity (Wildman–Crippen MR) is 95.0 cm³/mol. The maximum atomic E-state index is 5.94. The molecule has 3 nitrogen and oxygen atoms in total. The van der Waals surface area contributed by atoms with E-state index in [2.05, 4.69) is 15.5 Å². The smallest absolute Gasteiger partial charge is 0.203 e. The first-order valence-corrected chi connectivity index (χ1v) is 8.04. The summed E-state index contributed by atoms with van der Waals surface area (Å²) in [6.07, 6.45) is 1.77. The predicted octanol–water partition coefficient (Wildman–Crippen LogP) is 5.22. The molecule has 0 saturated heterocycles. The molecule has 2 aromatic carbocycles. The minimum absolute atomic E-state index is 0.732. The Balaban J connectivity index is 1.69. The molecule has 0 unspecified atom stereocenters. The minimum Gasteiger partial charge on any atom is -0.253 e. The normalized spacial score (nSPS) is 11.0. The van der Waals surface area contributed by atoms with Crippen LogP contribution in [0.25, 0.3) is 11.3 Å². The summed E-state index contributed by atoms with van der Waals surface area (Å²) in [5.74, 6) is 0. The number of thiazole rings is 1. The van der Waals surface area contributed by atoms with Crippen LogP contribution in [0.5, 0.6) is 0 Å². The SMILES string of the molecule is Cc1cc(Cl)ccc1C=NNc1nc(-c2ccccc2)cs1. The molecule has 110 valence electrons. The Labute approximate surface area is 138 Å². The van der Waals surface area contributed by atoms with Crippen molar-refractivity contribution in [2.24, 2.45) is 5.10 Å². The lowest BCUT2D eigenvalue weighted by Gasteiger charge is -2.00. The second kappa shape index (κ2) is 6.73. The van der Waals surface area contributed by atoms with E-state index >= 15 is 0 Å². The number of hydrazone groups is 1. The number of benzene rings is 2. The molecule has 22 heavy (non-hydrogen) atoms. The van der Waals surface area contributed by atoms with Gasteiger partial charge in [0.05, 0.1) is 11.9 Å². The average Bonchev–Trinajstić information content (AvgIpc) is 2.99. The quantitative estimate of drug-likeness (QED) is 0.527. The number of halogens is 1. The molecule has 0 saturated carbocycles. The van der Waals surface area contributed by atoms with Crippen molar-refractivity contribution in [1.82, 2.24) is 4.98 Å². The van der Waals surface area contributed by atoms with Crippen molar-refractivity contribution >= 4 is 34.3 Å². The Morgan fingerprint density at radius 3 is 2.77 bits per heavy atom. The number of anilines is 1. The van der Waals surface area contributed by atoms with Gasteiger partial charge >= 0.3 is 0 Å². The third-order valence-corrected chi connectivity index (χ3v) is 4.15. The van der Waals surface area contributed by atoms with E-state index in [9.17, 15) is 0 Å². The van der Waals surface area contributed by atoms with Crippen LogP contribution in [-0.4, -0.2) is 11.2 Å². The Kier molecular flexibility index (Phi) is 4.51. The van der Waals surface area contributed by atoms with Crippen molar-refractivity contribution in [3.05, 3.63) is 70.1 Å². The van der Waals surface area contributed by atoms with E-state index in [1.54, 1.807) is 6.21 Å². The zero-order valence-corrected chi connectivity index (χ0v) is 13.5. The van der Waals surface area contributed by atoms with E-state index in [1.807, 2.05) is 60.8 Å². The lowest BCUT2D eigenvalue weighted by atomic mass is 10.1. The standard InChI is InChI=1S/C17H14ClN3S/c1-12-9-15(18)8-7-14(12)10-19-21-17-20-16(11-22-17)13-5-3-2-4-6-13/h2-11H,1H3,(H,20,21). The van der Waals surface area contributed by atoms with Crippen LogP contribution in [0.15, 0.2) is 59.0 Å². The van der Waals surface area contributed by atoms with Gasteiger partial charge in [-0.15, -0.1) is 11.3 Å². The van der Waals surface area contributed by atoms with Crippen LogP contribution < -0.4 is 5.43 Å². The van der Waals surface area contributed by atoms with Gasteiger partial charge in [0, 0.05) is 16.0 Å². The first-order chi connectivity index (χ1) is 10.7. The van der Waals surface area contributed by atoms with Crippen LogP contribution in [0.4, 0.5) is 5.13 Å². The first kappa shape index (κ1) is 14.8. The van der Waals surface area contributed by atoms with Gasteiger partial charge < -0.3 is 0 Å². The summed E-state index contributed by atoms with van der Waals surface area (Å²) in [6.45, 7) is 2.00.